The average Bonchev–Trinajstić information content (AvgIpc) is 2.44. The summed E-state index contributed by atoms with van der Waals surface area (Å²) in [6.45, 7) is 6.54. The van der Waals surface area contributed by atoms with Gasteiger partial charge in [-0.25, -0.2) is 0 Å². The van der Waals surface area contributed by atoms with E-state index < -0.39 is 6.10 Å². The first-order valence-electron chi connectivity index (χ1n) is 7.34. The fourth-order valence-corrected chi connectivity index (χ4v) is 1.84. The predicted molar refractivity (Wildman–Crippen MR) is 81.7 cm³/mol. The van der Waals surface area contributed by atoms with Crippen LogP contribution in [0.15, 0.2) is 24.3 Å². The van der Waals surface area contributed by atoms with E-state index in [-0.39, 0.29) is 11.9 Å². The lowest BCUT2D eigenvalue weighted by Crippen LogP contribution is -2.36. The molecule has 1 aromatic carbocycles. The SMILES string of the molecule is CCCCCNC(=O)C(C)Oc1ccc([C@@H](C)N)cc1. The molecule has 0 fully saturated rings. The zero-order valence-electron chi connectivity index (χ0n) is 12.7. The van der Waals surface area contributed by atoms with Crippen molar-refractivity contribution in [2.45, 2.75) is 52.2 Å². The fourth-order valence-electron chi connectivity index (χ4n) is 1.84. The monoisotopic (exact) mass is 278 g/mol. The fraction of sp³-hybridized carbons (Fsp3) is 0.562. The van der Waals surface area contributed by atoms with Gasteiger partial charge in [-0.3, -0.25) is 4.79 Å². The van der Waals surface area contributed by atoms with Gasteiger partial charge in [-0.2, -0.15) is 0 Å². The van der Waals surface area contributed by atoms with Crippen molar-refractivity contribution in [1.29, 1.82) is 0 Å². The highest BCUT2D eigenvalue weighted by molar-refractivity contribution is 5.80. The molecule has 3 N–H and O–H groups in total. The molecule has 1 rings (SSSR count). The first-order valence-corrected chi connectivity index (χ1v) is 7.34. The molecule has 2 atom stereocenters. The van der Waals surface area contributed by atoms with E-state index in [9.17, 15) is 4.79 Å². The second-order valence-corrected chi connectivity index (χ2v) is 5.12. The number of nitrogens with two attached hydrogens (primary N) is 1. The van der Waals surface area contributed by atoms with Gasteiger partial charge in [0.2, 0.25) is 0 Å². The van der Waals surface area contributed by atoms with Crippen LogP contribution >= 0.6 is 0 Å². The minimum absolute atomic E-state index is 0.00309. The standard InChI is InChI=1S/C16H26N2O2/c1-4-5-6-11-18-16(19)13(3)20-15-9-7-14(8-10-15)12(2)17/h7-10,12-13H,4-6,11,17H2,1-3H3,(H,18,19)/t12-,13?/m1/s1. The summed E-state index contributed by atoms with van der Waals surface area (Å²) in [6.07, 6.45) is 2.80. The largest absolute Gasteiger partial charge is 0.481 e. The first kappa shape index (κ1) is 16.5. The minimum atomic E-state index is -0.488. The molecular formula is C16H26N2O2. The summed E-state index contributed by atoms with van der Waals surface area (Å²) in [5.41, 5.74) is 6.84. The van der Waals surface area contributed by atoms with E-state index in [1.807, 2.05) is 31.2 Å². The van der Waals surface area contributed by atoms with Crippen LogP contribution < -0.4 is 15.8 Å². The molecule has 1 amide bonds. The van der Waals surface area contributed by atoms with Crippen molar-refractivity contribution >= 4 is 5.91 Å². The zero-order valence-corrected chi connectivity index (χ0v) is 12.7. The second kappa shape index (κ2) is 8.59. The number of rotatable bonds is 8. The Morgan fingerprint density at radius 1 is 1.25 bits per heavy atom. The van der Waals surface area contributed by atoms with Crippen molar-refractivity contribution in [1.82, 2.24) is 5.32 Å². The average molecular weight is 278 g/mol. The van der Waals surface area contributed by atoms with Gasteiger partial charge in [0, 0.05) is 12.6 Å². The summed E-state index contributed by atoms with van der Waals surface area (Å²) >= 11 is 0. The van der Waals surface area contributed by atoms with E-state index >= 15 is 0 Å². The third-order valence-corrected chi connectivity index (χ3v) is 3.17. The number of amides is 1. The summed E-state index contributed by atoms with van der Waals surface area (Å²) in [7, 11) is 0. The van der Waals surface area contributed by atoms with Crippen LogP contribution in [-0.4, -0.2) is 18.6 Å². The lowest BCUT2D eigenvalue weighted by atomic mass is 10.1. The molecule has 0 saturated heterocycles. The maximum Gasteiger partial charge on any atom is 0.260 e. The Bertz CT molecular complexity index is 401. The minimum Gasteiger partial charge on any atom is -0.481 e. The molecule has 0 spiro atoms. The highest BCUT2D eigenvalue weighted by Gasteiger charge is 2.13. The Morgan fingerprint density at radius 3 is 2.45 bits per heavy atom. The Kier molecular flexibility index (Phi) is 7.09. The molecule has 112 valence electrons. The van der Waals surface area contributed by atoms with Gasteiger partial charge in [0.15, 0.2) is 6.10 Å². The lowest BCUT2D eigenvalue weighted by Gasteiger charge is -2.15. The number of nitrogens with one attached hydrogen (secondary N) is 1. The van der Waals surface area contributed by atoms with Crippen molar-refractivity contribution < 1.29 is 9.53 Å². The van der Waals surface area contributed by atoms with Crippen LogP contribution in [-0.2, 0) is 4.79 Å². The number of unbranched alkanes of at least 4 members (excludes halogenated alkanes) is 2. The van der Waals surface area contributed by atoms with Crippen molar-refractivity contribution in [3.63, 3.8) is 0 Å². The molecule has 1 unspecified atom stereocenters. The Hall–Kier alpha value is -1.55. The number of benzene rings is 1. The van der Waals surface area contributed by atoms with Gasteiger partial charge in [0.05, 0.1) is 0 Å². The van der Waals surface area contributed by atoms with Crippen LogP contribution in [0.4, 0.5) is 0 Å². The van der Waals surface area contributed by atoms with Crippen LogP contribution in [0.3, 0.4) is 0 Å². The molecular weight excluding hydrogens is 252 g/mol. The Balaban J connectivity index is 2.40. The van der Waals surface area contributed by atoms with E-state index in [1.54, 1.807) is 6.92 Å². The van der Waals surface area contributed by atoms with Crippen molar-refractivity contribution in [3.8, 4) is 5.75 Å². The molecule has 4 heteroatoms. The number of ether oxygens (including phenoxy) is 1. The Labute approximate surface area is 121 Å². The van der Waals surface area contributed by atoms with Gasteiger partial charge < -0.3 is 15.8 Å². The number of carbonyl (C=O) groups is 1. The molecule has 0 heterocycles. The predicted octanol–water partition coefficient (Wildman–Crippen LogP) is 2.78. The Morgan fingerprint density at radius 2 is 1.90 bits per heavy atom. The van der Waals surface area contributed by atoms with Gasteiger partial charge in [-0.15, -0.1) is 0 Å². The van der Waals surface area contributed by atoms with Gasteiger partial charge >= 0.3 is 0 Å². The smallest absolute Gasteiger partial charge is 0.260 e. The first-order chi connectivity index (χ1) is 9.54. The summed E-state index contributed by atoms with van der Waals surface area (Å²) in [6, 6.07) is 7.54. The molecule has 0 saturated carbocycles. The van der Waals surface area contributed by atoms with Crippen LogP contribution in [0, 0.1) is 0 Å². The molecule has 0 aliphatic carbocycles. The van der Waals surface area contributed by atoms with Crippen molar-refractivity contribution in [3.05, 3.63) is 29.8 Å². The highest BCUT2D eigenvalue weighted by atomic mass is 16.5. The van der Waals surface area contributed by atoms with E-state index in [1.165, 1.54) is 0 Å². The van der Waals surface area contributed by atoms with E-state index in [0.29, 0.717) is 12.3 Å². The van der Waals surface area contributed by atoms with Crippen LogP contribution in [0.1, 0.15) is 51.6 Å². The quantitative estimate of drug-likeness (QED) is 0.719. The summed E-state index contributed by atoms with van der Waals surface area (Å²) in [5, 5.41) is 2.88. The van der Waals surface area contributed by atoms with Crippen molar-refractivity contribution in [2.75, 3.05) is 6.54 Å². The van der Waals surface area contributed by atoms with Crippen LogP contribution in [0.2, 0.25) is 0 Å². The molecule has 0 aliphatic rings. The van der Waals surface area contributed by atoms with E-state index in [2.05, 4.69) is 12.2 Å². The highest BCUT2D eigenvalue weighted by Crippen LogP contribution is 2.17. The van der Waals surface area contributed by atoms with E-state index in [0.717, 1.165) is 24.8 Å². The normalized spacial score (nSPS) is 13.6. The molecule has 0 aromatic heterocycles. The topological polar surface area (TPSA) is 64.3 Å². The summed E-state index contributed by atoms with van der Waals surface area (Å²) < 4.78 is 5.62. The molecule has 0 aliphatic heterocycles. The molecule has 0 bridgehead atoms. The van der Waals surface area contributed by atoms with Crippen molar-refractivity contribution in [2.24, 2.45) is 5.73 Å². The van der Waals surface area contributed by atoms with Gasteiger partial charge in [-0.05, 0) is 38.0 Å². The summed E-state index contributed by atoms with van der Waals surface area (Å²) in [5.74, 6) is 0.614. The summed E-state index contributed by atoms with van der Waals surface area (Å²) in [4.78, 5) is 11.8. The second-order valence-electron chi connectivity index (χ2n) is 5.12. The number of carbonyl (C=O) groups excluding carboxylic acids is 1. The number of hydrogen-bond acceptors (Lipinski definition) is 3. The number of hydrogen-bond donors (Lipinski definition) is 2. The van der Waals surface area contributed by atoms with Gasteiger partial charge in [0.25, 0.3) is 5.91 Å². The zero-order chi connectivity index (χ0) is 15.0. The molecule has 20 heavy (non-hydrogen) atoms. The maximum atomic E-state index is 11.8. The lowest BCUT2D eigenvalue weighted by molar-refractivity contribution is -0.127. The molecule has 0 radical (unpaired) electrons. The van der Waals surface area contributed by atoms with Gasteiger partial charge in [0.1, 0.15) is 5.75 Å². The maximum absolute atomic E-state index is 11.8. The molecule has 1 aromatic rings. The van der Waals surface area contributed by atoms with Crippen LogP contribution in [0.25, 0.3) is 0 Å². The molecule has 4 nitrogen and oxygen atoms in total. The van der Waals surface area contributed by atoms with Gasteiger partial charge in [-0.1, -0.05) is 31.9 Å². The third kappa shape index (κ3) is 5.61. The van der Waals surface area contributed by atoms with Crippen LogP contribution in [0.5, 0.6) is 5.75 Å². The van der Waals surface area contributed by atoms with E-state index in [4.69, 9.17) is 10.5 Å². The third-order valence-electron chi connectivity index (χ3n) is 3.17.